The molecular weight excluding hydrogens is 420 g/mol. The van der Waals surface area contributed by atoms with E-state index in [2.05, 4.69) is 23.6 Å². The molecule has 2 atom stereocenters. The summed E-state index contributed by atoms with van der Waals surface area (Å²) in [4.78, 5) is 5.88. The van der Waals surface area contributed by atoms with Gasteiger partial charge in [0, 0.05) is 37.8 Å². The van der Waals surface area contributed by atoms with E-state index in [0.717, 1.165) is 31.2 Å². The van der Waals surface area contributed by atoms with Crippen LogP contribution in [0.15, 0.2) is 58.3 Å². The van der Waals surface area contributed by atoms with Gasteiger partial charge < -0.3 is 4.74 Å². The van der Waals surface area contributed by atoms with Gasteiger partial charge in [-0.25, -0.2) is 8.42 Å². The minimum Gasteiger partial charge on any atom is -0.497 e. The zero-order chi connectivity index (χ0) is 22.7. The highest BCUT2D eigenvalue weighted by atomic mass is 32.2. The molecular formula is C26H36N2O3S. The van der Waals surface area contributed by atoms with Crippen LogP contribution in [0.3, 0.4) is 0 Å². The van der Waals surface area contributed by atoms with Gasteiger partial charge in [-0.15, -0.1) is 0 Å². The smallest absolute Gasteiger partial charge is 0.206 e. The van der Waals surface area contributed by atoms with E-state index >= 15 is 0 Å². The molecule has 4 rings (SSSR count). The third kappa shape index (κ3) is 4.87. The van der Waals surface area contributed by atoms with E-state index in [4.69, 9.17) is 4.74 Å². The molecule has 1 aliphatic carbocycles. The highest BCUT2D eigenvalue weighted by Gasteiger charge is 2.32. The second-order valence-electron chi connectivity index (χ2n) is 9.30. The molecule has 0 aromatic heterocycles. The van der Waals surface area contributed by atoms with E-state index in [-0.39, 0.29) is 10.9 Å². The number of hydrogen-bond acceptors (Lipinski definition) is 5. The molecule has 2 fully saturated rings. The van der Waals surface area contributed by atoms with Crippen molar-refractivity contribution in [3.05, 3.63) is 54.1 Å². The highest BCUT2D eigenvalue weighted by molar-refractivity contribution is 7.91. The average Bonchev–Trinajstić information content (AvgIpc) is 2.84. The molecule has 2 aliphatic rings. The Morgan fingerprint density at radius 3 is 2.06 bits per heavy atom. The van der Waals surface area contributed by atoms with Gasteiger partial charge in [-0.05, 0) is 68.7 Å². The van der Waals surface area contributed by atoms with E-state index in [0.29, 0.717) is 16.7 Å². The van der Waals surface area contributed by atoms with Crippen LogP contribution in [-0.4, -0.2) is 57.0 Å². The molecule has 1 saturated carbocycles. The summed E-state index contributed by atoms with van der Waals surface area (Å²) in [5.41, 5.74) is 1.16. The summed E-state index contributed by atoms with van der Waals surface area (Å²) in [5.74, 6) is 0.644. The van der Waals surface area contributed by atoms with Crippen molar-refractivity contribution in [1.29, 1.82) is 0 Å². The minimum absolute atomic E-state index is 0.267. The first-order valence-corrected chi connectivity index (χ1v) is 13.4. The largest absolute Gasteiger partial charge is 0.497 e. The monoisotopic (exact) mass is 456 g/mol. The van der Waals surface area contributed by atoms with E-state index in [1.165, 1.54) is 32.1 Å². The third-order valence-electron chi connectivity index (χ3n) is 7.34. The molecule has 2 aromatic rings. The standard InChI is InChI=1S/C26H36N2O3S/c1-20-19-27(17-18-28(20)23-7-5-4-6-8-23)21(2)22-9-13-25(14-10-22)32(29,30)26-15-11-24(31-3)12-16-26/h9-16,20-21,23H,4-8,17-19H2,1-3H3/t20-,21-/m1/s1. The average molecular weight is 457 g/mol. The summed E-state index contributed by atoms with van der Waals surface area (Å²) in [7, 11) is -1.97. The molecule has 0 spiro atoms. The van der Waals surface area contributed by atoms with Gasteiger partial charge in [0.15, 0.2) is 0 Å². The predicted molar refractivity (Wildman–Crippen MR) is 128 cm³/mol. The van der Waals surface area contributed by atoms with Gasteiger partial charge in [0.1, 0.15) is 5.75 Å². The van der Waals surface area contributed by atoms with Gasteiger partial charge in [0.25, 0.3) is 0 Å². The topological polar surface area (TPSA) is 49.9 Å². The van der Waals surface area contributed by atoms with Crippen molar-refractivity contribution in [2.24, 2.45) is 0 Å². The van der Waals surface area contributed by atoms with E-state index in [1.54, 1.807) is 43.5 Å². The van der Waals surface area contributed by atoms with Crippen LogP contribution in [0.2, 0.25) is 0 Å². The Hall–Kier alpha value is -1.89. The Labute approximate surface area is 193 Å². The van der Waals surface area contributed by atoms with E-state index < -0.39 is 9.84 Å². The van der Waals surface area contributed by atoms with E-state index in [9.17, 15) is 8.42 Å². The number of piperazine rings is 1. The lowest BCUT2D eigenvalue weighted by molar-refractivity contribution is 0.0196. The number of benzene rings is 2. The molecule has 2 aromatic carbocycles. The Morgan fingerprint density at radius 2 is 1.50 bits per heavy atom. The maximum atomic E-state index is 13.0. The molecule has 174 valence electrons. The summed E-state index contributed by atoms with van der Waals surface area (Å²) in [6.07, 6.45) is 6.85. The van der Waals surface area contributed by atoms with Crippen molar-refractivity contribution in [3.63, 3.8) is 0 Å². The Kier molecular flexibility index (Phi) is 7.23. The molecule has 1 saturated heterocycles. The van der Waals surface area contributed by atoms with Crippen LogP contribution >= 0.6 is 0 Å². The number of nitrogens with zero attached hydrogens (tertiary/aromatic N) is 2. The van der Waals surface area contributed by atoms with Gasteiger partial charge in [-0.1, -0.05) is 31.4 Å². The van der Waals surface area contributed by atoms with Crippen LogP contribution in [-0.2, 0) is 9.84 Å². The molecule has 0 radical (unpaired) electrons. The number of sulfone groups is 1. The lowest BCUT2D eigenvalue weighted by Gasteiger charge is -2.46. The molecule has 0 bridgehead atoms. The molecule has 5 nitrogen and oxygen atoms in total. The highest BCUT2D eigenvalue weighted by Crippen LogP contribution is 2.30. The molecule has 6 heteroatoms. The molecule has 0 unspecified atom stereocenters. The van der Waals surface area contributed by atoms with Crippen molar-refractivity contribution < 1.29 is 13.2 Å². The van der Waals surface area contributed by atoms with Crippen molar-refractivity contribution >= 4 is 9.84 Å². The summed E-state index contributed by atoms with van der Waals surface area (Å²) < 4.78 is 31.1. The number of methoxy groups -OCH3 is 1. The van der Waals surface area contributed by atoms with Crippen molar-refractivity contribution in [1.82, 2.24) is 9.80 Å². The Bertz CT molecular complexity index is 983. The van der Waals surface area contributed by atoms with Gasteiger partial charge in [-0.3, -0.25) is 9.80 Å². The summed E-state index contributed by atoms with van der Waals surface area (Å²) in [6, 6.07) is 15.6. The van der Waals surface area contributed by atoms with Crippen LogP contribution in [0, 0.1) is 0 Å². The van der Waals surface area contributed by atoms with Crippen molar-refractivity contribution in [2.75, 3.05) is 26.7 Å². The van der Waals surface area contributed by atoms with Crippen molar-refractivity contribution in [3.8, 4) is 5.75 Å². The van der Waals surface area contributed by atoms with Crippen LogP contribution in [0.1, 0.15) is 57.6 Å². The first-order valence-electron chi connectivity index (χ1n) is 11.9. The van der Waals surface area contributed by atoms with Gasteiger partial charge in [0.05, 0.1) is 16.9 Å². The first-order chi connectivity index (χ1) is 15.4. The van der Waals surface area contributed by atoms with E-state index in [1.807, 2.05) is 12.1 Å². The maximum absolute atomic E-state index is 13.0. The lowest BCUT2D eigenvalue weighted by Crippen LogP contribution is -2.56. The van der Waals surface area contributed by atoms with Crippen LogP contribution in [0.4, 0.5) is 0 Å². The third-order valence-corrected chi connectivity index (χ3v) is 9.13. The van der Waals surface area contributed by atoms with Crippen molar-refractivity contribution in [2.45, 2.75) is 73.9 Å². The molecule has 1 heterocycles. The maximum Gasteiger partial charge on any atom is 0.206 e. The molecule has 0 amide bonds. The fourth-order valence-electron chi connectivity index (χ4n) is 5.33. The number of hydrogen-bond donors (Lipinski definition) is 0. The molecule has 0 N–H and O–H groups in total. The molecule has 1 aliphatic heterocycles. The Morgan fingerprint density at radius 1 is 0.906 bits per heavy atom. The number of ether oxygens (including phenoxy) is 1. The zero-order valence-corrected chi connectivity index (χ0v) is 20.4. The molecule has 32 heavy (non-hydrogen) atoms. The summed E-state index contributed by atoms with van der Waals surface area (Å²) in [5, 5.41) is 0. The fraction of sp³-hybridized carbons (Fsp3) is 0.538. The van der Waals surface area contributed by atoms with Crippen LogP contribution in [0.5, 0.6) is 5.75 Å². The predicted octanol–water partition coefficient (Wildman–Crippen LogP) is 4.93. The second-order valence-corrected chi connectivity index (χ2v) is 11.2. The van der Waals surface area contributed by atoms with Gasteiger partial charge in [-0.2, -0.15) is 0 Å². The quantitative estimate of drug-likeness (QED) is 0.617. The van der Waals surface area contributed by atoms with Crippen LogP contribution < -0.4 is 4.74 Å². The summed E-state index contributed by atoms with van der Waals surface area (Å²) >= 11 is 0. The lowest BCUT2D eigenvalue weighted by atomic mass is 9.92. The van der Waals surface area contributed by atoms with Crippen LogP contribution in [0.25, 0.3) is 0 Å². The summed E-state index contributed by atoms with van der Waals surface area (Å²) in [6.45, 7) is 7.84. The van der Waals surface area contributed by atoms with Gasteiger partial charge >= 0.3 is 0 Å². The SMILES string of the molecule is COc1ccc(S(=O)(=O)c2ccc([C@@H](C)N3CCN(C4CCCCC4)[C@H](C)C3)cc2)cc1. The normalized spacial score (nSPS) is 22.5. The van der Waals surface area contributed by atoms with Gasteiger partial charge in [0.2, 0.25) is 9.84 Å². The Balaban J connectivity index is 1.42. The minimum atomic E-state index is -3.54. The fourth-order valence-corrected chi connectivity index (χ4v) is 6.59. The zero-order valence-electron chi connectivity index (χ0n) is 19.5. The second kappa shape index (κ2) is 9.94. The first kappa shape index (κ1) is 23.3. The number of rotatable bonds is 6.